The second kappa shape index (κ2) is 6.78. The van der Waals surface area contributed by atoms with Crippen molar-refractivity contribution in [2.75, 3.05) is 5.32 Å². The van der Waals surface area contributed by atoms with E-state index in [1.165, 1.54) is 19.1 Å². The quantitative estimate of drug-likeness (QED) is 0.511. The Bertz CT molecular complexity index is 1080. The number of hydrogen-bond acceptors (Lipinski definition) is 3. The summed E-state index contributed by atoms with van der Waals surface area (Å²) in [6.45, 7) is 1.28. The number of aromatic amines is 1. The molecule has 0 aliphatic carbocycles. The van der Waals surface area contributed by atoms with E-state index in [-0.39, 0.29) is 26.8 Å². The Kier molecular flexibility index (Phi) is 4.86. The Hall–Kier alpha value is -1.89. The molecular weight excluding hydrogens is 434 g/mol. The van der Waals surface area contributed by atoms with Gasteiger partial charge in [-0.25, -0.2) is 4.39 Å². The number of fused-ring (bicyclic) bond motifs is 1. The number of nitrogens with one attached hydrogen (secondary N) is 2. The first kappa shape index (κ1) is 17.9. The average molecular weight is 444 g/mol. The number of pyridine rings is 1. The minimum absolute atomic E-state index is 0.0899. The van der Waals surface area contributed by atoms with Gasteiger partial charge in [0.1, 0.15) is 17.2 Å². The second-order valence-electron chi connectivity index (χ2n) is 5.29. The molecule has 0 fully saturated rings. The van der Waals surface area contributed by atoms with Crippen LogP contribution in [0, 0.1) is 5.82 Å². The van der Waals surface area contributed by atoms with Crippen molar-refractivity contribution in [1.82, 2.24) is 4.98 Å². The van der Waals surface area contributed by atoms with E-state index in [0.717, 1.165) is 6.07 Å². The van der Waals surface area contributed by atoms with Crippen LogP contribution < -0.4 is 10.7 Å². The molecule has 0 aliphatic heterocycles. The summed E-state index contributed by atoms with van der Waals surface area (Å²) in [5.41, 5.74) is 0.183. The lowest BCUT2D eigenvalue weighted by molar-refractivity contribution is 0.101. The van der Waals surface area contributed by atoms with Crippen molar-refractivity contribution < 1.29 is 9.18 Å². The Labute approximate surface area is 160 Å². The Morgan fingerprint density at radius 3 is 2.56 bits per heavy atom. The molecule has 0 spiro atoms. The van der Waals surface area contributed by atoms with Gasteiger partial charge < -0.3 is 10.3 Å². The van der Waals surface area contributed by atoms with E-state index in [1.54, 1.807) is 12.1 Å². The molecule has 4 nitrogen and oxygen atoms in total. The molecule has 2 aromatic carbocycles. The van der Waals surface area contributed by atoms with E-state index in [9.17, 15) is 14.0 Å². The third-order valence-electron chi connectivity index (χ3n) is 3.60. The maximum absolute atomic E-state index is 13.2. The van der Waals surface area contributed by atoms with Crippen molar-refractivity contribution in [3.8, 4) is 0 Å². The fourth-order valence-corrected chi connectivity index (χ4v) is 3.36. The molecule has 8 heteroatoms. The summed E-state index contributed by atoms with van der Waals surface area (Å²) in [5, 5.41) is 3.44. The minimum Gasteiger partial charge on any atom is -0.340 e. The molecule has 2 N–H and O–H groups in total. The van der Waals surface area contributed by atoms with Crippen molar-refractivity contribution in [2.45, 2.75) is 6.92 Å². The van der Waals surface area contributed by atoms with Crippen molar-refractivity contribution in [1.29, 1.82) is 0 Å². The monoisotopic (exact) mass is 442 g/mol. The standard InChI is InChI=1S/C17H10BrCl2FN2O2/c1-7(24)13-16(25)14-10(19)4-3-9(18)15(14)23-17(13)22-12-5-2-8(21)6-11(12)20/h2-6H,1H3,(H2,22,23,25). The van der Waals surface area contributed by atoms with Crippen LogP contribution in [0.5, 0.6) is 0 Å². The zero-order valence-electron chi connectivity index (χ0n) is 12.7. The van der Waals surface area contributed by atoms with E-state index >= 15 is 0 Å². The molecule has 0 atom stereocenters. The first-order valence-electron chi connectivity index (χ1n) is 7.06. The van der Waals surface area contributed by atoms with E-state index < -0.39 is 17.0 Å². The highest BCUT2D eigenvalue weighted by Gasteiger charge is 2.19. The summed E-state index contributed by atoms with van der Waals surface area (Å²) < 4.78 is 13.8. The van der Waals surface area contributed by atoms with Crippen molar-refractivity contribution >= 4 is 67.3 Å². The van der Waals surface area contributed by atoms with Gasteiger partial charge in [0.05, 0.1) is 26.6 Å². The molecule has 0 unspecified atom stereocenters. The number of benzene rings is 2. The molecule has 128 valence electrons. The molecule has 0 saturated heterocycles. The Morgan fingerprint density at radius 1 is 1.20 bits per heavy atom. The molecular formula is C17H10BrCl2FN2O2. The molecule has 0 bridgehead atoms. The predicted octanol–water partition coefficient (Wildman–Crippen LogP) is 5.68. The Morgan fingerprint density at radius 2 is 1.92 bits per heavy atom. The number of rotatable bonds is 3. The van der Waals surface area contributed by atoms with Gasteiger partial charge in [-0.05, 0) is 53.2 Å². The number of anilines is 2. The number of carbonyl (C=O) groups excluding carboxylic acids is 1. The third kappa shape index (κ3) is 3.29. The van der Waals surface area contributed by atoms with Crippen LogP contribution >= 0.6 is 39.1 Å². The minimum atomic E-state index is -0.506. The lowest BCUT2D eigenvalue weighted by atomic mass is 10.1. The maximum atomic E-state index is 13.2. The predicted molar refractivity (Wildman–Crippen MR) is 102 cm³/mol. The van der Waals surface area contributed by atoms with Gasteiger partial charge in [0.15, 0.2) is 5.78 Å². The van der Waals surface area contributed by atoms with E-state index in [2.05, 4.69) is 26.2 Å². The average Bonchev–Trinajstić information content (AvgIpc) is 2.53. The molecule has 0 amide bonds. The van der Waals surface area contributed by atoms with Crippen LogP contribution in [0.1, 0.15) is 17.3 Å². The van der Waals surface area contributed by atoms with Crippen LogP contribution in [0.3, 0.4) is 0 Å². The first-order valence-corrected chi connectivity index (χ1v) is 8.61. The van der Waals surface area contributed by atoms with Crippen molar-refractivity contribution in [3.05, 3.63) is 66.5 Å². The lowest BCUT2D eigenvalue weighted by Gasteiger charge is -2.14. The zero-order chi connectivity index (χ0) is 18.3. The highest BCUT2D eigenvalue weighted by Crippen LogP contribution is 2.31. The van der Waals surface area contributed by atoms with Gasteiger partial charge in [0, 0.05) is 4.47 Å². The van der Waals surface area contributed by atoms with Gasteiger partial charge in [0.2, 0.25) is 5.43 Å². The van der Waals surface area contributed by atoms with E-state index in [0.29, 0.717) is 15.7 Å². The van der Waals surface area contributed by atoms with Crippen LogP contribution in [0.2, 0.25) is 10.0 Å². The van der Waals surface area contributed by atoms with Gasteiger partial charge in [-0.3, -0.25) is 9.59 Å². The number of halogens is 4. The second-order valence-corrected chi connectivity index (χ2v) is 6.96. The number of aromatic nitrogens is 1. The summed E-state index contributed by atoms with van der Waals surface area (Å²) in [6, 6.07) is 7.01. The van der Waals surface area contributed by atoms with Gasteiger partial charge in [-0.15, -0.1) is 0 Å². The number of hydrogen-bond donors (Lipinski definition) is 2. The van der Waals surface area contributed by atoms with E-state index in [4.69, 9.17) is 23.2 Å². The van der Waals surface area contributed by atoms with Crippen LogP contribution in [-0.4, -0.2) is 10.8 Å². The summed E-state index contributed by atoms with van der Waals surface area (Å²) in [4.78, 5) is 27.9. The molecule has 0 radical (unpaired) electrons. The van der Waals surface area contributed by atoms with Gasteiger partial charge in [-0.2, -0.15) is 0 Å². The summed E-state index contributed by atoms with van der Waals surface area (Å²) >= 11 is 15.5. The van der Waals surface area contributed by atoms with Crippen LogP contribution in [0.25, 0.3) is 10.9 Å². The lowest BCUT2D eigenvalue weighted by Crippen LogP contribution is -2.18. The van der Waals surface area contributed by atoms with Crippen LogP contribution in [-0.2, 0) is 0 Å². The molecule has 25 heavy (non-hydrogen) atoms. The third-order valence-corrected chi connectivity index (χ3v) is 4.89. The molecule has 0 aliphatic rings. The maximum Gasteiger partial charge on any atom is 0.203 e. The SMILES string of the molecule is CC(=O)c1c(Nc2ccc(F)cc2Cl)[nH]c2c(Br)ccc(Cl)c2c1=O. The van der Waals surface area contributed by atoms with Crippen LogP contribution in [0.4, 0.5) is 15.9 Å². The molecule has 1 aromatic heterocycles. The number of Topliss-reactive ketones (excluding diaryl/α,β-unsaturated/α-hetero) is 1. The molecule has 3 rings (SSSR count). The first-order chi connectivity index (χ1) is 11.8. The zero-order valence-corrected chi connectivity index (χ0v) is 15.8. The Balaban J connectivity index is 2.30. The van der Waals surface area contributed by atoms with Crippen molar-refractivity contribution in [2.24, 2.45) is 0 Å². The summed E-state index contributed by atoms with van der Waals surface area (Å²) in [5.74, 6) is -0.787. The number of H-pyrrole nitrogens is 1. The summed E-state index contributed by atoms with van der Waals surface area (Å²) in [6.07, 6.45) is 0. The van der Waals surface area contributed by atoms with Crippen LogP contribution in [0.15, 0.2) is 39.6 Å². The van der Waals surface area contributed by atoms with Crippen molar-refractivity contribution in [3.63, 3.8) is 0 Å². The number of carbonyl (C=O) groups is 1. The molecule has 0 saturated carbocycles. The van der Waals surface area contributed by atoms with Gasteiger partial charge >= 0.3 is 0 Å². The highest BCUT2D eigenvalue weighted by atomic mass is 79.9. The fraction of sp³-hybridized carbons (Fsp3) is 0.0588. The fourth-order valence-electron chi connectivity index (χ4n) is 2.48. The van der Waals surface area contributed by atoms with Gasteiger partial charge in [0.25, 0.3) is 0 Å². The normalized spacial score (nSPS) is 10.9. The molecule has 1 heterocycles. The molecule has 3 aromatic rings. The van der Waals surface area contributed by atoms with Gasteiger partial charge in [-0.1, -0.05) is 23.2 Å². The summed E-state index contributed by atoms with van der Waals surface area (Å²) in [7, 11) is 0. The number of ketones is 1. The van der Waals surface area contributed by atoms with E-state index in [1.807, 2.05) is 0 Å². The topological polar surface area (TPSA) is 62.0 Å². The smallest absolute Gasteiger partial charge is 0.203 e. The largest absolute Gasteiger partial charge is 0.340 e. The highest BCUT2D eigenvalue weighted by molar-refractivity contribution is 9.10.